The van der Waals surface area contributed by atoms with Crippen LogP contribution in [0, 0.1) is 11.6 Å². The molecule has 8 heteroatoms. The van der Waals surface area contributed by atoms with Crippen molar-refractivity contribution in [1.82, 2.24) is 10.2 Å². The average molecular weight is 417 g/mol. The molecule has 0 unspecified atom stereocenters. The van der Waals surface area contributed by atoms with E-state index in [0.717, 1.165) is 36.7 Å². The van der Waals surface area contributed by atoms with Crippen molar-refractivity contribution in [2.24, 2.45) is 0 Å². The normalized spacial score (nSPS) is 13.8. The summed E-state index contributed by atoms with van der Waals surface area (Å²) in [6.45, 7) is 2.97. The van der Waals surface area contributed by atoms with Crippen LogP contribution in [0.25, 0.3) is 0 Å². The van der Waals surface area contributed by atoms with E-state index in [0.29, 0.717) is 32.0 Å². The van der Waals surface area contributed by atoms with Crippen molar-refractivity contribution < 1.29 is 23.1 Å². The van der Waals surface area contributed by atoms with Gasteiger partial charge in [-0.15, -0.1) is 0 Å². The Kier molecular flexibility index (Phi) is 7.21. The van der Waals surface area contributed by atoms with Gasteiger partial charge < -0.3 is 19.9 Å². The van der Waals surface area contributed by atoms with Gasteiger partial charge in [0.25, 0.3) is 5.91 Å². The van der Waals surface area contributed by atoms with Crippen molar-refractivity contribution in [3.63, 3.8) is 0 Å². The smallest absolute Gasteiger partial charge is 0.254 e. The van der Waals surface area contributed by atoms with Crippen molar-refractivity contribution in [2.75, 3.05) is 44.7 Å². The van der Waals surface area contributed by atoms with Gasteiger partial charge in [0.15, 0.2) is 0 Å². The second-order valence-electron chi connectivity index (χ2n) is 7.05. The minimum absolute atomic E-state index is 0.0301. The van der Waals surface area contributed by atoms with Gasteiger partial charge in [0, 0.05) is 57.0 Å². The molecule has 1 saturated heterocycles. The minimum atomic E-state index is -0.905. The third-order valence-corrected chi connectivity index (χ3v) is 5.08. The molecule has 3 rings (SSSR count). The molecule has 160 valence electrons. The summed E-state index contributed by atoms with van der Waals surface area (Å²) >= 11 is 0. The van der Waals surface area contributed by atoms with E-state index in [4.69, 9.17) is 4.74 Å². The second kappa shape index (κ2) is 10.0. The van der Waals surface area contributed by atoms with Crippen LogP contribution in [-0.2, 0) is 4.79 Å². The fraction of sp³-hybridized carbons (Fsp3) is 0.364. The number of amides is 2. The number of hydrogen-bond acceptors (Lipinski definition) is 4. The Hall–Kier alpha value is -3.16. The van der Waals surface area contributed by atoms with E-state index in [1.165, 1.54) is 0 Å². The molecule has 0 spiro atoms. The van der Waals surface area contributed by atoms with Gasteiger partial charge in [0.2, 0.25) is 5.91 Å². The number of methoxy groups -OCH3 is 1. The quantitative estimate of drug-likeness (QED) is 0.704. The first-order chi connectivity index (χ1) is 14.5. The predicted octanol–water partition coefficient (Wildman–Crippen LogP) is 2.83. The van der Waals surface area contributed by atoms with Crippen molar-refractivity contribution >= 4 is 17.5 Å². The van der Waals surface area contributed by atoms with Crippen LogP contribution in [-0.4, -0.2) is 56.5 Å². The molecule has 6 nitrogen and oxygen atoms in total. The number of ether oxygens (including phenoxy) is 1. The summed E-state index contributed by atoms with van der Waals surface area (Å²) < 4.78 is 31.8. The Morgan fingerprint density at radius 2 is 1.83 bits per heavy atom. The Bertz CT molecular complexity index is 899. The first-order valence-corrected chi connectivity index (χ1v) is 9.88. The number of anilines is 1. The highest BCUT2D eigenvalue weighted by molar-refractivity contribution is 5.94. The molecule has 0 bridgehead atoms. The molecule has 1 N–H and O–H groups in total. The third-order valence-electron chi connectivity index (χ3n) is 5.08. The predicted molar refractivity (Wildman–Crippen MR) is 110 cm³/mol. The summed E-state index contributed by atoms with van der Waals surface area (Å²) in [5, 5.41) is 2.56. The van der Waals surface area contributed by atoms with Crippen molar-refractivity contribution in [1.29, 1.82) is 0 Å². The van der Waals surface area contributed by atoms with E-state index in [2.05, 4.69) is 10.2 Å². The SMILES string of the molecule is COc1cccc(N2CCN(C(=O)CCCNC(=O)c3ccc(F)cc3F)CC2)c1. The zero-order chi connectivity index (χ0) is 21.5. The lowest BCUT2D eigenvalue weighted by molar-refractivity contribution is -0.131. The van der Waals surface area contributed by atoms with Gasteiger partial charge >= 0.3 is 0 Å². The fourth-order valence-corrected chi connectivity index (χ4v) is 3.39. The molecule has 0 radical (unpaired) electrons. The molecule has 0 aromatic heterocycles. The number of piperazine rings is 1. The summed E-state index contributed by atoms with van der Waals surface area (Å²) in [7, 11) is 1.63. The molecule has 0 saturated carbocycles. The maximum Gasteiger partial charge on any atom is 0.254 e. The number of rotatable bonds is 7. The first kappa shape index (κ1) is 21.5. The number of nitrogens with one attached hydrogen (secondary N) is 1. The maximum absolute atomic E-state index is 13.6. The van der Waals surface area contributed by atoms with Gasteiger partial charge in [-0.2, -0.15) is 0 Å². The highest BCUT2D eigenvalue weighted by Gasteiger charge is 2.21. The largest absolute Gasteiger partial charge is 0.497 e. The van der Waals surface area contributed by atoms with E-state index >= 15 is 0 Å². The van der Waals surface area contributed by atoms with Crippen molar-refractivity contribution in [3.05, 3.63) is 59.7 Å². The zero-order valence-corrected chi connectivity index (χ0v) is 16.9. The van der Waals surface area contributed by atoms with Gasteiger partial charge in [-0.3, -0.25) is 9.59 Å². The van der Waals surface area contributed by atoms with E-state index in [1.54, 1.807) is 7.11 Å². The Labute approximate surface area is 174 Å². The van der Waals surface area contributed by atoms with Crippen LogP contribution in [0.2, 0.25) is 0 Å². The van der Waals surface area contributed by atoms with Crippen LogP contribution >= 0.6 is 0 Å². The van der Waals surface area contributed by atoms with Gasteiger partial charge in [-0.05, 0) is 30.7 Å². The van der Waals surface area contributed by atoms with Gasteiger partial charge in [0.1, 0.15) is 17.4 Å². The molecule has 0 aliphatic carbocycles. The fourth-order valence-electron chi connectivity index (χ4n) is 3.39. The Balaban J connectivity index is 1.39. The summed E-state index contributed by atoms with van der Waals surface area (Å²) in [5.41, 5.74) is 0.855. The topological polar surface area (TPSA) is 61.9 Å². The number of carbonyl (C=O) groups is 2. The number of hydrogen-bond donors (Lipinski definition) is 1. The summed E-state index contributed by atoms with van der Waals surface area (Å²) in [6, 6.07) is 10.6. The van der Waals surface area contributed by atoms with Crippen LogP contribution in [0.4, 0.5) is 14.5 Å². The van der Waals surface area contributed by atoms with E-state index in [9.17, 15) is 18.4 Å². The molecule has 30 heavy (non-hydrogen) atoms. The average Bonchev–Trinajstić information content (AvgIpc) is 2.76. The zero-order valence-electron chi connectivity index (χ0n) is 16.9. The van der Waals surface area contributed by atoms with E-state index in [-0.39, 0.29) is 18.0 Å². The van der Waals surface area contributed by atoms with Crippen molar-refractivity contribution in [3.8, 4) is 5.75 Å². The molecular formula is C22H25F2N3O3. The number of nitrogens with zero attached hydrogens (tertiary/aromatic N) is 2. The van der Waals surface area contributed by atoms with Gasteiger partial charge in [-0.25, -0.2) is 8.78 Å². The molecule has 0 atom stereocenters. The summed E-state index contributed by atoms with van der Waals surface area (Å²) in [6.07, 6.45) is 0.745. The Morgan fingerprint density at radius 3 is 2.53 bits per heavy atom. The molecule has 2 amide bonds. The molecule has 1 aliphatic heterocycles. The van der Waals surface area contributed by atoms with Crippen LogP contribution in [0.15, 0.2) is 42.5 Å². The standard InChI is InChI=1S/C22H25F2N3O3/c1-30-18-5-2-4-17(15-18)26-10-12-27(13-11-26)21(28)6-3-9-25-22(29)19-8-7-16(23)14-20(19)24/h2,4-5,7-8,14-15H,3,6,9-13H2,1H3,(H,25,29). The van der Waals surface area contributed by atoms with Crippen molar-refractivity contribution in [2.45, 2.75) is 12.8 Å². The molecule has 1 fully saturated rings. The molecule has 2 aromatic rings. The highest BCUT2D eigenvalue weighted by atomic mass is 19.1. The number of halogens is 2. The minimum Gasteiger partial charge on any atom is -0.497 e. The lowest BCUT2D eigenvalue weighted by Crippen LogP contribution is -2.48. The molecular weight excluding hydrogens is 392 g/mol. The lowest BCUT2D eigenvalue weighted by Gasteiger charge is -2.36. The van der Waals surface area contributed by atoms with Crippen LogP contribution < -0.4 is 15.0 Å². The second-order valence-corrected chi connectivity index (χ2v) is 7.05. The van der Waals surface area contributed by atoms with E-state index < -0.39 is 17.5 Å². The van der Waals surface area contributed by atoms with Crippen LogP contribution in [0.1, 0.15) is 23.2 Å². The highest BCUT2D eigenvalue weighted by Crippen LogP contribution is 2.22. The molecule has 2 aromatic carbocycles. The monoisotopic (exact) mass is 417 g/mol. The first-order valence-electron chi connectivity index (χ1n) is 9.88. The third kappa shape index (κ3) is 5.46. The number of benzene rings is 2. The van der Waals surface area contributed by atoms with Gasteiger partial charge in [0.05, 0.1) is 12.7 Å². The summed E-state index contributed by atoms with van der Waals surface area (Å²) in [4.78, 5) is 28.4. The van der Waals surface area contributed by atoms with Crippen LogP contribution in [0.5, 0.6) is 5.75 Å². The van der Waals surface area contributed by atoms with Crippen LogP contribution in [0.3, 0.4) is 0 Å². The maximum atomic E-state index is 13.6. The molecule has 1 heterocycles. The summed E-state index contributed by atoms with van der Waals surface area (Å²) in [5.74, 6) is -1.43. The van der Waals surface area contributed by atoms with E-state index in [1.807, 2.05) is 29.2 Å². The lowest BCUT2D eigenvalue weighted by atomic mass is 10.2. The number of carbonyl (C=O) groups excluding carboxylic acids is 2. The Morgan fingerprint density at radius 1 is 1.07 bits per heavy atom. The molecule has 1 aliphatic rings. The van der Waals surface area contributed by atoms with Gasteiger partial charge in [-0.1, -0.05) is 6.07 Å².